The number of benzene rings is 2. The molecule has 0 atom stereocenters. The van der Waals surface area contributed by atoms with E-state index in [0.717, 1.165) is 38.0 Å². The predicted octanol–water partition coefficient (Wildman–Crippen LogP) is 4.41. The van der Waals surface area contributed by atoms with Gasteiger partial charge in [0.2, 0.25) is 0 Å². The molecular formula is C25H29N3O4. The van der Waals surface area contributed by atoms with Crippen LogP contribution in [0.25, 0.3) is 22.5 Å². The fourth-order valence-corrected chi connectivity index (χ4v) is 4.42. The minimum Gasteiger partial charge on any atom is -0.508 e. The molecule has 1 aliphatic heterocycles. The summed E-state index contributed by atoms with van der Waals surface area (Å²) in [5.41, 5.74) is 10.3. The number of aromatic hydroxyl groups is 2. The summed E-state index contributed by atoms with van der Waals surface area (Å²) in [7, 11) is 0. The van der Waals surface area contributed by atoms with Crippen molar-refractivity contribution in [1.82, 2.24) is 10.1 Å². The van der Waals surface area contributed by atoms with Gasteiger partial charge in [0, 0.05) is 19.2 Å². The first-order chi connectivity index (χ1) is 15.3. The van der Waals surface area contributed by atoms with Crippen molar-refractivity contribution in [2.45, 2.75) is 46.1 Å². The van der Waals surface area contributed by atoms with Gasteiger partial charge >= 0.3 is 0 Å². The predicted molar refractivity (Wildman–Crippen MR) is 123 cm³/mol. The van der Waals surface area contributed by atoms with E-state index in [1.807, 2.05) is 19.9 Å². The Hall–Kier alpha value is -3.32. The van der Waals surface area contributed by atoms with Crippen molar-refractivity contribution in [3.8, 4) is 33.9 Å². The first kappa shape index (κ1) is 21.9. The van der Waals surface area contributed by atoms with Crippen LogP contribution in [0.2, 0.25) is 0 Å². The molecule has 2 heterocycles. The number of hydrogen-bond acceptors (Lipinski definition) is 6. The van der Waals surface area contributed by atoms with Gasteiger partial charge in [-0.2, -0.15) is 0 Å². The largest absolute Gasteiger partial charge is 0.508 e. The second-order valence-electron chi connectivity index (χ2n) is 8.69. The van der Waals surface area contributed by atoms with Gasteiger partial charge in [-0.05, 0) is 53.6 Å². The molecular weight excluding hydrogens is 406 g/mol. The Morgan fingerprint density at radius 3 is 2.66 bits per heavy atom. The van der Waals surface area contributed by atoms with Crippen LogP contribution in [-0.4, -0.2) is 39.3 Å². The zero-order chi connectivity index (χ0) is 23.0. The average Bonchev–Trinajstić information content (AvgIpc) is 3.18. The van der Waals surface area contributed by atoms with E-state index in [2.05, 4.69) is 29.1 Å². The number of carbonyl (C=O) groups excluding carboxylic acids is 1. The van der Waals surface area contributed by atoms with Crippen LogP contribution in [0.5, 0.6) is 11.5 Å². The molecule has 32 heavy (non-hydrogen) atoms. The number of phenolic OH excluding ortho intramolecular Hbond substituents is 2. The smallest absolute Gasteiger partial charge is 0.271 e. The molecule has 0 unspecified atom stereocenters. The Labute approximate surface area is 187 Å². The van der Waals surface area contributed by atoms with Crippen LogP contribution in [-0.2, 0) is 13.0 Å². The van der Waals surface area contributed by atoms with Gasteiger partial charge in [-0.3, -0.25) is 9.69 Å². The molecule has 0 bridgehead atoms. The topological polar surface area (TPSA) is 113 Å². The molecule has 0 saturated heterocycles. The summed E-state index contributed by atoms with van der Waals surface area (Å²) in [6.45, 7) is 9.02. The number of nitrogens with two attached hydrogens (primary N) is 1. The lowest BCUT2D eigenvalue weighted by Gasteiger charge is -2.28. The molecule has 0 fully saturated rings. The lowest BCUT2D eigenvalue weighted by atomic mass is 9.91. The molecule has 2 aromatic carbocycles. The van der Waals surface area contributed by atoms with Crippen LogP contribution in [0.1, 0.15) is 60.3 Å². The maximum absolute atomic E-state index is 12.1. The highest BCUT2D eigenvalue weighted by Gasteiger charge is 2.27. The van der Waals surface area contributed by atoms with E-state index in [9.17, 15) is 15.0 Å². The number of hydrogen-bond donors (Lipinski definition) is 3. The van der Waals surface area contributed by atoms with Crippen LogP contribution >= 0.6 is 0 Å². The highest BCUT2D eigenvalue weighted by Crippen LogP contribution is 2.43. The Kier molecular flexibility index (Phi) is 5.93. The summed E-state index contributed by atoms with van der Waals surface area (Å²) >= 11 is 0. The molecule has 1 aliphatic rings. The summed E-state index contributed by atoms with van der Waals surface area (Å²) < 4.78 is 5.55. The number of phenols is 2. The third-order valence-corrected chi connectivity index (χ3v) is 6.06. The van der Waals surface area contributed by atoms with Crippen LogP contribution in [0, 0.1) is 0 Å². The second-order valence-corrected chi connectivity index (χ2v) is 8.69. The fraction of sp³-hybridized carbons (Fsp3) is 0.360. The normalized spacial score (nSPS) is 14.0. The summed E-state index contributed by atoms with van der Waals surface area (Å²) in [6, 6.07) is 9.03. The zero-order valence-electron chi connectivity index (χ0n) is 18.7. The number of primary amides is 1. The van der Waals surface area contributed by atoms with Crippen LogP contribution in [0.15, 0.2) is 34.9 Å². The maximum Gasteiger partial charge on any atom is 0.271 e. The molecule has 7 heteroatoms. The lowest BCUT2D eigenvalue weighted by molar-refractivity contribution is 0.0992. The van der Waals surface area contributed by atoms with E-state index in [1.165, 1.54) is 17.2 Å². The summed E-state index contributed by atoms with van der Waals surface area (Å²) in [5.74, 6) is -0.590. The van der Waals surface area contributed by atoms with Crippen LogP contribution in [0.3, 0.4) is 0 Å². The number of carbonyl (C=O) groups is 1. The van der Waals surface area contributed by atoms with E-state index in [0.29, 0.717) is 16.7 Å². The van der Waals surface area contributed by atoms with Crippen molar-refractivity contribution in [1.29, 1.82) is 0 Å². The minimum atomic E-state index is -0.704. The van der Waals surface area contributed by atoms with E-state index in [-0.39, 0.29) is 28.9 Å². The number of rotatable bonds is 6. The molecule has 1 aromatic heterocycles. The van der Waals surface area contributed by atoms with Crippen molar-refractivity contribution in [2.24, 2.45) is 5.73 Å². The minimum absolute atomic E-state index is 0.00264. The monoisotopic (exact) mass is 435 g/mol. The first-order valence-corrected chi connectivity index (χ1v) is 11.0. The van der Waals surface area contributed by atoms with Gasteiger partial charge in [-0.15, -0.1) is 0 Å². The molecule has 7 nitrogen and oxygen atoms in total. The molecule has 0 aliphatic carbocycles. The average molecular weight is 436 g/mol. The molecule has 0 spiro atoms. The Bertz CT molecular complexity index is 1170. The van der Waals surface area contributed by atoms with Gasteiger partial charge < -0.3 is 20.5 Å². The standard InChI is InChI=1S/C25H29N3O4/c1-4-8-28-9-7-15-10-16(5-6-17(15)13-28)22-23(25(26)31)27-32-24(22)19-11-18(14(2)3)20(29)12-21(19)30/h5-6,10-12,14,29-30H,4,7-9,13H2,1-3H3,(H2,26,31). The number of aromatic nitrogens is 1. The van der Waals surface area contributed by atoms with Gasteiger partial charge in [-0.25, -0.2) is 0 Å². The number of nitrogens with zero attached hydrogens (tertiary/aromatic N) is 2. The van der Waals surface area contributed by atoms with Gasteiger partial charge in [0.1, 0.15) is 11.5 Å². The van der Waals surface area contributed by atoms with Crippen molar-refractivity contribution in [3.63, 3.8) is 0 Å². The second kappa shape index (κ2) is 8.67. The van der Waals surface area contributed by atoms with E-state index >= 15 is 0 Å². The van der Waals surface area contributed by atoms with Gasteiger partial charge in [0.05, 0.1) is 11.1 Å². The highest BCUT2D eigenvalue weighted by atomic mass is 16.5. The number of amides is 1. The molecule has 4 rings (SSSR count). The fourth-order valence-electron chi connectivity index (χ4n) is 4.42. The lowest BCUT2D eigenvalue weighted by Crippen LogP contribution is -2.31. The Morgan fingerprint density at radius 2 is 1.97 bits per heavy atom. The quantitative estimate of drug-likeness (QED) is 0.529. The van der Waals surface area contributed by atoms with E-state index in [4.69, 9.17) is 10.3 Å². The van der Waals surface area contributed by atoms with E-state index < -0.39 is 5.91 Å². The van der Waals surface area contributed by atoms with Gasteiger partial charge in [0.25, 0.3) is 5.91 Å². The molecule has 168 valence electrons. The summed E-state index contributed by atoms with van der Waals surface area (Å²) in [6.07, 6.45) is 2.03. The molecule has 3 aromatic rings. The van der Waals surface area contributed by atoms with Crippen molar-refractivity contribution < 1.29 is 19.5 Å². The van der Waals surface area contributed by atoms with Crippen molar-refractivity contribution >= 4 is 5.91 Å². The van der Waals surface area contributed by atoms with Crippen LogP contribution in [0.4, 0.5) is 0 Å². The van der Waals surface area contributed by atoms with Crippen molar-refractivity contribution in [3.05, 3.63) is 52.7 Å². The first-order valence-electron chi connectivity index (χ1n) is 11.0. The molecule has 4 N–H and O–H groups in total. The summed E-state index contributed by atoms with van der Waals surface area (Å²) in [4.78, 5) is 14.6. The zero-order valence-corrected chi connectivity index (χ0v) is 18.7. The molecule has 1 amide bonds. The van der Waals surface area contributed by atoms with Gasteiger partial charge in [0.15, 0.2) is 11.5 Å². The third kappa shape index (κ3) is 3.96. The highest BCUT2D eigenvalue weighted by molar-refractivity contribution is 6.01. The maximum atomic E-state index is 12.1. The summed E-state index contributed by atoms with van der Waals surface area (Å²) in [5, 5.41) is 24.7. The Balaban J connectivity index is 1.84. The van der Waals surface area contributed by atoms with Gasteiger partial charge in [-0.1, -0.05) is 44.1 Å². The van der Waals surface area contributed by atoms with E-state index in [1.54, 1.807) is 6.07 Å². The van der Waals surface area contributed by atoms with Crippen LogP contribution < -0.4 is 5.73 Å². The SMILES string of the molecule is CCCN1CCc2cc(-c3c(C(N)=O)noc3-c3cc(C(C)C)c(O)cc3O)ccc2C1. The molecule has 0 saturated carbocycles. The van der Waals surface area contributed by atoms with Crippen molar-refractivity contribution in [2.75, 3.05) is 13.1 Å². The Morgan fingerprint density at radius 1 is 1.19 bits per heavy atom. The molecule has 0 radical (unpaired) electrons. The number of fused-ring (bicyclic) bond motifs is 1. The third-order valence-electron chi connectivity index (χ3n) is 6.06.